The molecule has 2 heterocycles. The number of nitrogens with one attached hydrogen (secondary N) is 1. The second-order valence-corrected chi connectivity index (χ2v) is 5.25. The van der Waals surface area contributed by atoms with Crippen molar-refractivity contribution in [1.82, 2.24) is 10.2 Å². The molecule has 1 radical (unpaired) electrons. The number of hydrogen-bond donors (Lipinski definition) is 1. The topological polar surface area (TPSA) is 32.3 Å². The normalized spacial score (nSPS) is 22.5. The van der Waals surface area contributed by atoms with Gasteiger partial charge in [-0.05, 0) is 18.7 Å². The Kier molecular flexibility index (Phi) is 6.07. The average molecular weight is 345 g/mol. The third kappa shape index (κ3) is 3.44. The van der Waals surface area contributed by atoms with Crippen LogP contribution in [0.15, 0.2) is 30.3 Å². The molecule has 0 unspecified atom stereocenters. The number of nitrogens with zero attached hydrogens (tertiary/aromatic N) is 1. The van der Waals surface area contributed by atoms with Crippen molar-refractivity contribution in [3.63, 3.8) is 0 Å². The first-order chi connectivity index (χ1) is 9.36. The van der Waals surface area contributed by atoms with Crippen molar-refractivity contribution in [2.45, 2.75) is 31.7 Å². The first kappa shape index (κ1) is 16.0. The molecule has 1 atom stereocenters. The molecule has 3 nitrogen and oxygen atoms in total. The molecule has 1 amide bonds. The summed E-state index contributed by atoms with van der Waals surface area (Å²) in [7, 11) is 0. The molecule has 2 saturated heterocycles. The van der Waals surface area contributed by atoms with Gasteiger partial charge in [0, 0.05) is 38.8 Å². The Balaban J connectivity index is 0.00000147. The van der Waals surface area contributed by atoms with E-state index in [-0.39, 0.29) is 44.7 Å². The number of rotatable bonds is 2. The van der Waals surface area contributed by atoms with Crippen molar-refractivity contribution in [2.24, 2.45) is 0 Å². The van der Waals surface area contributed by atoms with Crippen LogP contribution in [0.25, 0.3) is 0 Å². The molecule has 0 saturated carbocycles. The summed E-state index contributed by atoms with van der Waals surface area (Å²) in [6, 6.07) is 10.6. The maximum Gasteiger partial charge on any atom is 0.0588 e. The Morgan fingerprint density at radius 1 is 1.25 bits per heavy atom. The predicted molar refractivity (Wildman–Crippen MR) is 74.9 cm³/mol. The Morgan fingerprint density at radius 3 is 2.65 bits per heavy atom. The number of likely N-dealkylation sites (tertiary alicyclic amines) is 1. The minimum Gasteiger partial charge on any atom is -0.512 e. The second kappa shape index (κ2) is 7.58. The second-order valence-electron chi connectivity index (χ2n) is 5.25. The van der Waals surface area contributed by atoms with Crippen molar-refractivity contribution < 1.29 is 37.5 Å². The summed E-state index contributed by atoms with van der Waals surface area (Å²) in [4.78, 5) is 14.6. The summed E-state index contributed by atoms with van der Waals surface area (Å²) in [5.74, 6) is 1.32. The van der Waals surface area contributed by atoms with E-state index in [0.29, 0.717) is 0 Å². The van der Waals surface area contributed by atoms with E-state index in [1.54, 1.807) is 0 Å². The quantitative estimate of drug-likeness (QED) is 0.836. The fourth-order valence-corrected chi connectivity index (χ4v) is 2.99. The first-order valence-corrected chi connectivity index (χ1v) is 7.12. The first-order valence-electron chi connectivity index (χ1n) is 7.12. The summed E-state index contributed by atoms with van der Waals surface area (Å²) in [5, 5.41) is 3.30. The molecule has 1 aromatic carbocycles. The van der Waals surface area contributed by atoms with E-state index < -0.39 is 0 Å². The molecule has 2 fully saturated rings. The molecular weight excluding hydrogens is 325 g/mol. The third-order valence-corrected chi connectivity index (χ3v) is 4.03. The number of piperidine rings is 1. The molecule has 0 spiro atoms. The molecule has 0 aromatic heterocycles. The van der Waals surface area contributed by atoms with Gasteiger partial charge >= 0.3 is 0 Å². The van der Waals surface area contributed by atoms with Crippen LogP contribution < -0.4 is 5.32 Å². The number of amides is 1. The largest absolute Gasteiger partial charge is 0.512 e. The van der Waals surface area contributed by atoms with Crippen LogP contribution in [0.5, 0.6) is 0 Å². The van der Waals surface area contributed by atoms with Crippen LogP contribution in [0.1, 0.15) is 37.3 Å². The molecule has 1 N–H and O–H groups in total. The number of hydrogen-bond acceptors (Lipinski definition) is 2. The Hall–Kier alpha value is -0.376. The molecule has 4 heteroatoms. The van der Waals surface area contributed by atoms with E-state index in [4.69, 9.17) is 0 Å². The van der Waals surface area contributed by atoms with Crippen LogP contribution in [-0.2, 0) is 37.5 Å². The van der Waals surface area contributed by atoms with Crippen molar-refractivity contribution in [3.8, 4) is 0 Å². The van der Waals surface area contributed by atoms with Crippen LogP contribution in [-0.4, -0.2) is 23.9 Å². The molecule has 3 rings (SSSR count). The predicted octanol–water partition coefficient (Wildman–Crippen LogP) is 2.47. The van der Waals surface area contributed by atoms with Crippen LogP contribution >= 0.6 is 0 Å². The van der Waals surface area contributed by atoms with Gasteiger partial charge in [-0.25, -0.2) is 6.54 Å². The minimum absolute atomic E-state index is 0. The van der Waals surface area contributed by atoms with E-state index in [1.807, 2.05) is 23.1 Å². The van der Waals surface area contributed by atoms with Crippen molar-refractivity contribution in [2.75, 3.05) is 13.1 Å². The van der Waals surface area contributed by atoms with Crippen LogP contribution in [0.2, 0.25) is 0 Å². The van der Waals surface area contributed by atoms with Gasteiger partial charge in [-0.3, -0.25) is 5.92 Å². The smallest absolute Gasteiger partial charge is 0.0588 e. The van der Waals surface area contributed by atoms with Gasteiger partial charge in [0.15, 0.2) is 0 Å². The van der Waals surface area contributed by atoms with E-state index in [0.717, 1.165) is 44.7 Å². The van der Waals surface area contributed by atoms with Gasteiger partial charge in [-0.1, -0.05) is 36.8 Å². The SMILES string of the molecule is O=C([C-]1CCNCC1)N1[CH-]CC[C@H]1c1ccccc1.[Y]. The summed E-state index contributed by atoms with van der Waals surface area (Å²) < 4.78 is 0. The van der Waals surface area contributed by atoms with E-state index in [9.17, 15) is 4.79 Å². The molecule has 105 valence electrons. The van der Waals surface area contributed by atoms with Crippen molar-refractivity contribution in [1.29, 1.82) is 0 Å². The van der Waals surface area contributed by atoms with Gasteiger partial charge in [0.2, 0.25) is 0 Å². The molecule has 1 aromatic rings. The zero-order valence-electron chi connectivity index (χ0n) is 11.7. The van der Waals surface area contributed by atoms with Gasteiger partial charge in [-0.2, -0.15) is 6.42 Å². The Morgan fingerprint density at radius 2 is 1.95 bits per heavy atom. The molecule has 0 aliphatic carbocycles. The standard InChI is InChI=1S/C16H20N2O.Y/c19-16(14-8-10-17-11-9-14)18-12-4-7-15(18)13-5-2-1-3-6-13;/h1-3,5-6,12,15,17H,4,7-11H2;/q-2;/t15-;/m0./s1. The zero-order chi connectivity index (χ0) is 13.1. The van der Waals surface area contributed by atoms with E-state index >= 15 is 0 Å². The van der Waals surface area contributed by atoms with E-state index in [2.05, 4.69) is 24.0 Å². The fraction of sp³-hybridized carbons (Fsp3) is 0.438. The fourth-order valence-electron chi connectivity index (χ4n) is 2.99. The molecule has 20 heavy (non-hydrogen) atoms. The number of benzene rings is 1. The third-order valence-electron chi connectivity index (χ3n) is 4.03. The molecular formula is C16H20N2OY-2. The van der Waals surface area contributed by atoms with Gasteiger partial charge in [-0.15, -0.1) is 12.8 Å². The van der Waals surface area contributed by atoms with E-state index in [1.165, 1.54) is 5.56 Å². The summed E-state index contributed by atoms with van der Waals surface area (Å²) >= 11 is 0. The van der Waals surface area contributed by atoms with Crippen LogP contribution in [0.4, 0.5) is 0 Å². The van der Waals surface area contributed by atoms with Gasteiger partial charge in [0.1, 0.15) is 0 Å². The monoisotopic (exact) mass is 345 g/mol. The number of carbonyl (C=O) groups excluding carboxylic acids is 1. The van der Waals surface area contributed by atoms with Crippen LogP contribution in [0, 0.1) is 12.5 Å². The number of carbonyl (C=O) groups is 1. The Labute approximate surface area is 146 Å². The van der Waals surface area contributed by atoms with Gasteiger partial charge in [0.05, 0.1) is 5.91 Å². The zero-order valence-corrected chi connectivity index (χ0v) is 14.6. The molecule has 2 aliphatic rings. The van der Waals surface area contributed by atoms with Crippen LogP contribution in [0.3, 0.4) is 0 Å². The Bertz CT molecular complexity index is 431. The minimum atomic E-state index is 0. The van der Waals surface area contributed by atoms with Gasteiger partial charge < -0.3 is 15.0 Å². The maximum absolute atomic E-state index is 12.6. The average Bonchev–Trinajstić information content (AvgIpc) is 2.98. The molecule has 0 bridgehead atoms. The van der Waals surface area contributed by atoms with Crippen molar-refractivity contribution >= 4 is 5.91 Å². The van der Waals surface area contributed by atoms with Crippen molar-refractivity contribution in [3.05, 3.63) is 48.4 Å². The molecule has 2 aliphatic heterocycles. The summed E-state index contributed by atoms with van der Waals surface area (Å²) in [6.45, 7) is 3.95. The van der Waals surface area contributed by atoms with Gasteiger partial charge in [0.25, 0.3) is 0 Å². The summed E-state index contributed by atoms with van der Waals surface area (Å²) in [6.07, 6.45) is 3.83. The maximum atomic E-state index is 12.6. The summed E-state index contributed by atoms with van der Waals surface area (Å²) in [5.41, 5.74) is 1.25.